The highest BCUT2D eigenvalue weighted by Crippen LogP contribution is 2.22. The summed E-state index contributed by atoms with van der Waals surface area (Å²) in [7, 11) is 1.56. The average molecular weight is 438 g/mol. The van der Waals surface area contributed by atoms with E-state index in [1.54, 1.807) is 27.8 Å². The maximum atomic E-state index is 13.1. The quantitative estimate of drug-likeness (QED) is 0.409. The predicted molar refractivity (Wildman–Crippen MR) is 122 cm³/mol. The van der Waals surface area contributed by atoms with Gasteiger partial charge in [-0.05, 0) is 39.7 Å². The van der Waals surface area contributed by atoms with Crippen LogP contribution in [0.1, 0.15) is 57.7 Å². The summed E-state index contributed by atoms with van der Waals surface area (Å²) in [5.74, 6) is -0.620. The number of ether oxygens (including phenoxy) is 1. The van der Waals surface area contributed by atoms with Gasteiger partial charge >= 0.3 is 6.09 Å². The van der Waals surface area contributed by atoms with Crippen LogP contribution in [0, 0.1) is 6.92 Å². The summed E-state index contributed by atoms with van der Waals surface area (Å²) in [6, 6.07) is 5.71. The SMILES string of the molecule is CCCCNC(=O)C(c1ccc(C)cc1)N(C)C(=O)C(CS)NC(=O)OC(C)(C)C. The molecule has 0 fully saturated rings. The molecule has 0 aliphatic carbocycles. The lowest BCUT2D eigenvalue weighted by Crippen LogP contribution is -2.52. The normalized spacial score (nSPS) is 13.2. The van der Waals surface area contributed by atoms with Gasteiger partial charge in [-0.2, -0.15) is 12.6 Å². The highest BCUT2D eigenvalue weighted by molar-refractivity contribution is 7.80. The van der Waals surface area contributed by atoms with Crippen molar-refractivity contribution in [2.45, 2.75) is 65.1 Å². The number of carbonyl (C=O) groups is 3. The van der Waals surface area contributed by atoms with Crippen molar-refractivity contribution < 1.29 is 19.1 Å². The fourth-order valence-electron chi connectivity index (χ4n) is 2.79. The van der Waals surface area contributed by atoms with E-state index in [9.17, 15) is 14.4 Å². The molecule has 7 nitrogen and oxygen atoms in total. The first-order valence-electron chi connectivity index (χ1n) is 10.2. The Morgan fingerprint density at radius 3 is 2.27 bits per heavy atom. The molecule has 0 spiro atoms. The molecule has 0 aromatic heterocycles. The molecule has 0 saturated heterocycles. The molecule has 1 aromatic carbocycles. The monoisotopic (exact) mass is 437 g/mol. The van der Waals surface area contributed by atoms with Gasteiger partial charge in [0.1, 0.15) is 17.7 Å². The lowest BCUT2D eigenvalue weighted by Gasteiger charge is -2.31. The van der Waals surface area contributed by atoms with E-state index >= 15 is 0 Å². The second-order valence-corrected chi connectivity index (χ2v) is 8.65. The Morgan fingerprint density at radius 1 is 1.17 bits per heavy atom. The number of amides is 3. The minimum absolute atomic E-state index is 0.0699. The van der Waals surface area contributed by atoms with Gasteiger partial charge in [0.05, 0.1) is 0 Å². The summed E-state index contributed by atoms with van der Waals surface area (Å²) in [5.41, 5.74) is 1.06. The third-order valence-corrected chi connectivity index (χ3v) is 4.74. The van der Waals surface area contributed by atoms with E-state index < -0.39 is 29.7 Å². The van der Waals surface area contributed by atoms with Crippen LogP contribution >= 0.6 is 12.6 Å². The smallest absolute Gasteiger partial charge is 0.408 e. The molecule has 3 amide bonds. The van der Waals surface area contributed by atoms with Gasteiger partial charge in [0.2, 0.25) is 11.8 Å². The Balaban J connectivity index is 3.06. The lowest BCUT2D eigenvalue weighted by molar-refractivity contribution is -0.140. The van der Waals surface area contributed by atoms with Crippen molar-refractivity contribution in [2.75, 3.05) is 19.3 Å². The number of hydrogen-bond donors (Lipinski definition) is 3. The maximum Gasteiger partial charge on any atom is 0.408 e. The van der Waals surface area contributed by atoms with Gasteiger partial charge in [0.25, 0.3) is 0 Å². The molecule has 1 aromatic rings. The van der Waals surface area contributed by atoms with E-state index in [-0.39, 0.29) is 11.7 Å². The van der Waals surface area contributed by atoms with E-state index in [1.807, 2.05) is 38.1 Å². The van der Waals surface area contributed by atoms with Gasteiger partial charge in [-0.25, -0.2) is 4.79 Å². The molecule has 1 rings (SSSR count). The third kappa shape index (κ3) is 8.26. The molecule has 8 heteroatoms. The number of nitrogens with zero attached hydrogens (tertiary/aromatic N) is 1. The number of thiol groups is 1. The van der Waals surface area contributed by atoms with Crippen LogP contribution < -0.4 is 10.6 Å². The highest BCUT2D eigenvalue weighted by Gasteiger charge is 2.33. The molecule has 2 atom stereocenters. The molecule has 168 valence electrons. The standard InChI is InChI=1S/C22H35N3O4S/c1-7-8-13-23-19(26)18(16-11-9-15(2)10-12-16)25(6)20(27)17(14-30)24-21(28)29-22(3,4)5/h9-12,17-18,30H,7-8,13-14H2,1-6H3,(H,23,26)(H,24,28). The number of likely N-dealkylation sites (N-methyl/N-ethyl adjacent to an activating group) is 1. The van der Waals surface area contributed by atoms with Crippen molar-refractivity contribution in [1.29, 1.82) is 0 Å². The fraction of sp³-hybridized carbons (Fsp3) is 0.591. The van der Waals surface area contributed by atoms with Gasteiger partial charge in [-0.15, -0.1) is 0 Å². The van der Waals surface area contributed by atoms with Crippen molar-refractivity contribution in [3.8, 4) is 0 Å². The molecule has 2 N–H and O–H groups in total. The zero-order chi connectivity index (χ0) is 22.9. The Hall–Kier alpha value is -2.22. The van der Waals surface area contributed by atoms with Crippen LogP contribution in [0.2, 0.25) is 0 Å². The van der Waals surface area contributed by atoms with Crippen molar-refractivity contribution in [2.24, 2.45) is 0 Å². The van der Waals surface area contributed by atoms with Crippen LogP contribution in [0.5, 0.6) is 0 Å². The summed E-state index contributed by atoms with van der Waals surface area (Å²) in [4.78, 5) is 39.5. The molecule has 0 bridgehead atoms. The number of alkyl carbamates (subject to hydrolysis) is 1. The van der Waals surface area contributed by atoms with E-state index in [2.05, 4.69) is 23.3 Å². The molecule has 2 unspecified atom stereocenters. The first-order chi connectivity index (χ1) is 14.0. The largest absolute Gasteiger partial charge is 0.444 e. The molecule has 0 radical (unpaired) electrons. The second-order valence-electron chi connectivity index (χ2n) is 8.29. The Bertz CT molecular complexity index is 716. The summed E-state index contributed by atoms with van der Waals surface area (Å²) >= 11 is 4.21. The summed E-state index contributed by atoms with van der Waals surface area (Å²) in [5, 5.41) is 5.45. The van der Waals surface area contributed by atoms with Crippen LogP contribution in [-0.4, -0.2) is 53.8 Å². The summed E-state index contributed by atoms with van der Waals surface area (Å²) in [6.45, 7) is 9.75. The van der Waals surface area contributed by atoms with Gasteiger partial charge in [-0.1, -0.05) is 43.2 Å². The highest BCUT2D eigenvalue weighted by atomic mass is 32.1. The maximum absolute atomic E-state index is 13.1. The number of rotatable bonds is 9. The number of carbonyl (C=O) groups excluding carboxylic acids is 3. The number of unbranched alkanes of at least 4 members (excludes halogenated alkanes) is 1. The second kappa shape index (κ2) is 11.8. The van der Waals surface area contributed by atoms with E-state index in [0.717, 1.165) is 18.4 Å². The minimum atomic E-state index is -0.926. The number of nitrogens with one attached hydrogen (secondary N) is 2. The average Bonchev–Trinajstić information content (AvgIpc) is 2.66. The fourth-order valence-corrected chi connectivity index (χ4v) is 3.04. The molecule has 0 heterocycles. The van der Waals surface area contributed by atoms with Crippen LogP contribution in [-0.2, 0) is 14.3 Å². The summed E-state index contributed by atoms with van der Waals surface area (Å²) < 4.78 is 5.24. The van der Waals surface area contributed by atoms with Gasteiger partial charge in [0.15, 0.2) is 0 Å². The predicted octanol–water partition coefficient (Wildman–Crippen LogP) is 3.23. The molecule has 30 heavy (non-hydrogen) atoms. The molecule has 0 saturated carbocycles. The van der Waals surface area contributed by atoms with Gasteiger partial charge in [-0.3, -0.25) is 9.59 Å². The Morgan fingerprint density at radius 2 is 1.77 bits per heavy atom. The van der Waals surface area contributed by atoms with E-state index in [4.69, 9.17) is 4.74 Å². The van der Waals surface area contributed by atoms with E-state index in [0.29, 0.717) is 12.1 Å². The van der Waals surface area contributed by atoms with Crippen molar-refractivity contribution >= 4 is 30.5 Å². The van der Waals surface area contributed by atoms with Crippen molar-refractivity contribution in [3.05, 3.63) is 35.4 Å². The topological polar surface area (TPSA) is 87.7 Å². The molecular formula is C22H35N3O4S. The van der Waals surface area contributed by atoms with Gasteiger partial charge in [0, 0.05) is 19.3 Å². The van der Waals surface area contributed by atoms with E-state index in [1.165, 1.54) is 4.90 Å². The summed E-state index contributed by atoms with van der Waals surface area (Å²) in [6.07, 6.45) is 1.09. The van der Waals surface area contributed by atoms with Gasteiger partial charge < -0.3 is 20.3 Å². The molecular weight excluding hydrogens is 402 g/mol. The van der Waals surface area contributed by atoms with Crippen LogP contribution in [0.25, 0.3) is 0 Å². The minimum Gasteiger partial charge on any atom is -0.444 e. The van der Waals surface area contributed by atoms with Crippen LogP contribution in [0.4, 0.5) is 4.79 Å². The third-order valence-electron chi connectivity index (χ3n) is 4.38. The Kier molecular flexibility index (Phi) is 10.2. The Labute approximate surface area is 185 Å². The molecule has 0 aliphatic rings. The number of aryl methyl sites for hydroxylation is 1. The van der Waals surface area contributed by atoms with Crippen molar-refractivity contribution in [3.63, 3.8) is 0 Å². The van der Waals surface area contributed by atoms with Crippen molar-refractivity contribution in [1.82, 2.24) is 15.5 Å². The lowest BCUT2D eigenvalue weighted by atomic mass is 10.0. The number of benzene rings is 1. The zero-order valence-electron chi connectivity index (χ0n) is 18.8. The number of hydrogen-bond acceptors (Lipinski definition) is 5. The van der Waals surface area contributed by atoms with Crippen LogP contribution in [0.15, 0.2) is 24.3 Å². The van der Waals surface area contributed by atoms with Crippen LogP contribution in [0.3, 0.4) is 0 Å². The molecule has 0 aliphatic heterocycles. The zero-order valence-corrected chi connectivity index (χ0v) is 19.7. The first kappa shape index (κ1) is 25.8. The first-order valence-corrected chi connectivity index (χ1v) is 10.8.